The van der Waals surface area contributed by atoms with Crippen LogP contribution < -0.4 is 5.73 Å². The molecule has 0 bridgehead atoms. The van der Waals surface area contributed by atoms with Crippen molar-refractivity contribution in [3.05, 3.63) is 23.5 Å². The van der Waals surface area contributed by atoms with Gasteiger partial charge in [0.05, 0.1) is 18.9 Å². The van der Waals surface area contributed by atoms with E-state index in [1.165, 1.54) is 12.7 Å². The fourth-order valence-electron chi connectivity index (χ4n) is 3.36. The van der Waals surface area contributed by atoms with Gasteiger partial charge in [-0.1, -0.05) is 0 Å². The molecule has 2 N–H and O–H groups in total. The fraction of sp³-hybridized carbons (Fsp3) is 0.571. The van der Waals surface area contributed by atoms with Crippen molar-refractivity contribution in [1.29, 1.82) is 0 Å². The summed E-state index contributed by atoms with van der Waals surface area (Å²) in [5.41, 5.74) is 8.35. The SMILES string of the molecule is COC(=O)[C@H]1CC(=O)C2c3c(ccn3C1)CC[C@@H]2N. The molecule has 5 nitrogen and oxygen atoms in total. The zero-order chi connectivity index (χ0) is 13.6. The van der Waals surface area contributed by atoms with E-state index in [-0.39, 0.29) is 30.1 Å². The number of nitrogens with two attached hydrogens (primary N) is 1. The van der Waals surface area contributed by atoms with Crippen molar-refractivity contribution in [2.24, 2.45) is 11.7 Å². The lowest BCUT2D eigenvalue weighted by atomic mass is 9.80. The number of esters is 1. The van der Waals surface area contributed by atoms with Gasteiger partial charge in [-0.15, -0.1) is 0 Å². The Morgan fingerprint density at radius 2 is 2.32 bits per heavy atom. The minimum atomic E-state index is -0.396. The summed E-state index contributed by atoms with van der Waals surface area (Å²) in [5.74, 6) is -0.899. The van der Waals surface area contributed by atoms with Gasteiger partial charge in [0.1, 0.15) is 5.78 Å². The number of hydrogen-bond acceptors (Lipinski definition) is 4. The molecule has 0 aromatic carbocycles. The number of rotatable bonds is 1. The second kappa shape index (κ2) is 4.49. The van der Waals surface area contributed by atoms with E-state index in [0.717, 1.165) is 18.5 Å². The van der Waals surface area contributed by atoms with E-state index in [4.69, 9.17) is 10.5 Å². The molecule has 2 heterocycles. The summed E-state index contributed by atoms with van der Waals surface area (Å²) in [5, 5.41) is 0. The van der Waals surface area contributed by atoms with Crippen LogP contribution in [0.1, 0.15) is 30.0 Å². The molecule has 102 valence electrons. The Balaban J connectivity index is 2.04. The number of carbonyl (C=O) groups excluding carboxylic acids is 2. The topological polar surface area (TPSA) is 74.3 Å². The molecule has 0 radical (unpaired) electrons. The molecule has 3 atom stereocenters. The molecule has 1 aliphatic carbocycles. The number of ether oxygens (including phenoxy) is 1. The highest BCUT2D eigenvalue weighted by molar-refractivity contribution is 5.91. The minimum Gasteiger partial charge on any atom is -0.469 e. The zero-order valence-electron chi connectivity index (χ0n) is 11.0. The number of hydrogen-bond donors (Lipinski definition) is 1. The standard InChI is InChI=1S/C14H18N2O3/c1-19-14(18)9-6-11(17)12-10(15)3-2-8-4-5-16(7-9)13(8)12/h4-5,9-10,12H,2-3,6-7,15H2,1H3/t9-,10-,12?/m0/s1. The van der Waals surface area contributed by atoms with Crippen molar-refractivity contribution >= 4 is 11.8 Å². The molecule has 0 fully saturated rings. The van der Waals surface area contributed by atoms with E-state index in [1.54, 1.807) is 0 Å². The lowest BCUT2D eigenvalue weighted by Gasteiger charge is -2.28. The van der Waals surface area contributed by atoms with Crippen molar-refractivity contribution in [1.82, 2.24) is 4.57 Å². The highest BCUT2D eigenvalue weighted by atomic mass is 16.5. The normalized spacial score (nSPS) is 29.6. The Kier molecular flexibility index (Phi) is 2.93. The monoisotopic (exact) mass is 262 g/mol. The van der Waals surface area contributed by atoms with Gasteiger partial charge in [-0.3, -0.25) is 9.59 Å². The summed E-state index contributed by atoms with van der Waals surface area (Å²) in [6.07, 6.45) is 3.93. The third kappa shape index (κ3) is 1.89. The van der Waals surface area contributed by atoms with Crippen LogP contribution in [-0.2, 0) is 27.3 Å². The van der Waals surface area contributed by atoms with Crippen molar-refractivity contribution in [2.45, 2.75) is 37.8 Å². The minimum absolute atomic E-state index is 0.0706. The highest BCUT2D eigenvalue weighted by Crippen LogP contribution is 2.37. The second-order valence-corrected chi connectivity index (χ2v) is 5.45. The summed E-state index contributed by atoms with van der Waals surface area (Å²) >= 11 is 0. The van der Waals surface area contributed by atoms with Gasteiger partial charge in [-0.05, 0) is 24.5 Å². The molecule has 1 aliphatic heterocycles. The van der Waals surface area contributed by atoms with Crippen molar-refractivity contribution in [3.63, 3.8) is 0 Å². The largest absolute Gasteiger partial charge is 0.469 e. The first-order valence-electron chi connectivity index (χ1n) is 6.66. The average molecular weight is 262 g/mol. The van der Waals surface area contributed by atoms with Gasteiger partial charge < -0.3 is 15.0 Å². The molecule has 2 aliphatic rings. The van der Waals surface area contributed by atoms with E-state index in [9.17, 15) is 9.59 Å². The van der Waals surface area contributed by atoms with Crippen LogP contribution in [0.25, 0.3) is 0 Å². The van der Waals surface area contributed by atoms with Gasteiger partial charge in [0.25, 0.3) is 0 Å². The van der Waals surface area contributed by atoms with Crippen LogP contribution in [0.3, 0.4) is 0 Å². The first-order valence-corrected chi connectivity index (χ1v) is 6.66. The van der Waals surface area contributed by atoms with Crippen molar-refractivity contribution < 1.29 is 14.3 Å². The molecule has 0 saturated heterocycles. The van der Waals surface area contributed by atoms with Crippen LogP contribution >= 0.6 is 0 Å². The average Bonchev–Trinajstić information content (AvgIpc) is 2.72. The molecule has 0 spiro atoms. The summed E-state index contributed by atoms with van der Waals surface area (Å²) in [7, 11) is 1.36. The summed E-state index contributed by atoms with van der Waals surface area (Å²) in [6.45, 7) is 0.511. The molecule has 19 heavy (non-hydrogen) atoms. The van der Waals surface area contributed by atoms with Gasteiger partial charge in [0.2, 0.25) is 0 Å². The molecule has 5 heteroatoms. The Hall–Kier alpha value is -1.62. The number of aryl methyl sites for hydroxylation is 1. The molecule has 1 aromatic heterocycles. The Morgan fingerprint density at radius 3 is 3.05 bits per heavy atom. The van der Waals surface area contributed by atoms with E-state index in [2.05, 4.69) is 0 Å². The number of Topliss-reactive ketones (excluding diaryl/α,β-unsaturated/α-hetero) is 1. The fourth-order valence-corrected chi connectivity index (χ4v) is 3.36. The quantitative estimate of drug-likeness (QED) is 0.752. The molecule has 3 rings (SSSR count). The van der Waals surface area contributed by atoms with Crippen molar-refractivity contribution in [3.8, 4) is 0 Å². The van der Waals surface area contributed by atoms with E-state index in [1.807, 2.05) is 16.8 Å². The number of nitrogens with zero attached hydrogens (tertiary/aromatic N) is 1. The van der Waals surface area contributed by atoms with E-state index < -0.39 is 5.92 Å². The number of carbonyl (C=O) groups is 2. The third-order valence-electron chi connectivity index (χ3n) is 4.31. The summed E-state index contributed by atoms with van der Waals surface area (Å²) < 4.78 is 6.81. The van der Waals surface area contributed by atoms with Gasteiger partial charge >= 0.3 is 5.97 Å². The van der Waals surface area contributed by atoms with Crippen LogP contribution in [0, 0.1) is 5.92 Å². The lowest BCUT2D eigenvalue weighted by molar-refractivity contribution is -0.147. The predicted octanol–water partition coefficient (Wildman–Crippen LogP) is 0.607. The van der Waals surface area contributed by atoms with E-state index >= 15 is 0 Å². The molecular formula is C14H18N2O3. The Morgan fingerprint density at radius 1 is 1.53 bits per heavy atom. The Bertz CT molecular complexity index is 535. The van der Waals surface area contributed by atoms with Gasteiger partial charge in [0, 0.05) is 30.9 Å². The zero-order valence-corrected chi connectivity index (χ0v) is 11.0. The maximum Gasteiger partial charge on any atom is 0.310 e. The van der Waals surface area contributed by atoms with Gasteiger partial charge in [0.15, 0.2) is 0 Å². The highest BCUT2D eigenvalue weighted by Gasteiger charge is 2.40. The van der Waals surface area contributed by atoms with Crippen LogP contribution in [-0.4, -0.2) is 29.5 Å². The number of ketones is 1. The third-order valence-corrected chi connectivity index (χ3v) is 4.31. The Labute approximate surface area is 111 Å². The summed E-state index contributed by atoms with van der Waals surface area (Å²) in [4.78, 5) is 24.2. The van der Waals surface area contributed by atoms with Crippen LogP contribution in [0.5, 0.6) is 0 Å². The van der Waals surface area contributed by atoms with Crippen molar-refractivity contribution in [2.75, 3.05) is 7.11 Å². The second-order valence-electron chi connectivity index (χ2n) is 5.45. The van der Waals surface area contributed by atoms with Crippen LogP contribution in [0.4, 0.5) is 0 Å². The van der Waals surface area contributed by atoms with Gasteiger partial charge in [-0.2, -0.15) is 0 Å². The smallest absolute Gasteiger partial charge is 0.310 e. The van der Waals surface area contributed by atoms with Crippen LogP contribution in [0.15, 0.2) is 12.3 Å². The molecule has 0 amide bonds. The summed E-state index contributed by atoms with van der Waals surface area (Å²) in [6, 6.07) is 1.91. The van der Waals surface area contributed by atoms with E-state index in [0.29, 0.717) is 6.54 Å². The molecule has 0 saturated carbocycles. The maximum atomic E-state index is 12.4. The van der Waals surface area contributed by atoms with Crippen LogP contribution in [0.2, 0.25) is 0 Å². The predicted molar refractivity (Wildman–Crippen MR) is 68.6 cm³/mol. The molecule has 1 aromatic rings. The van der Waals surface area contributed by atoms with Gasteiger partial charge in [-0.25, -0.2) is 0 Å². The number of methoxy groups -OCH3 is 1. The maximum absolute atomic E-state index is 12.4. The molecular weight excluding hydrogens is 244 g/mol. The lowest BCUT2D eigenvalue weighted by Crippen LogP contribution is -2.38. The number of aromatic nitrogens is 1. The first-order chi connectivity index (χ1) is 9.11. The first kappa shape index (κ1) is 12.4. The molecule has 1 unspecified atom stereocenters.